The fourth-order valence-corrected chi connectivity index (χ4v) is 14.2. The molecule has 2 saturated heterocycles. The van der Waals surface area contributed by atoms with E-state index in [-0.39, 0.29) is 102 Å². The Morgan fingerprint density at radius 1 is 0.760 bits per heavy atom. The van der Waals surface area contributed by atoms with Crippen LogP contribution >= 0.6 is 11.8 Å². The summed E-state index contributed by atoms with van der Waals surface area (Å²) in [4.78, 5) is 157. The lowest BCUT2D eigenvalue weighted by Crippen LogP contribution is -2.62. The molecular weight excluding hydrogens is 1410 g/mol. The number of likely N-dealkylation sites (tertiary alicyclic amines) is 1. The summed E-state index contributed by atoms with van der Waals surface area (Å²) >= 11 is 1.27. The summed E-state index contributed by atoms with van der Waals surface area (Å²) in [5, 5.41) is 48.6. The number of aliphatic hydroxyl groups is 3. The number of primary amides is 1. The summed E-state index contributed by atoms with van der Waals surface area (Å²) in [6, 6.07) is -6.46. The lowest BCUT2D eigenvalue weighted by atomic mass is 9.86. The normalized spacial score (nSPS) is 25.0. The SMILES string of the molecule is [2H]C([2H])([2H])Oc1ccc2c3c([nH]c2c1CSCCOCCOCCOCCOCCOCCOCCOCCN1C=C(CN2C(=O)CC(C)C2=O)NN1)S(=O)C[C@H]1NC(=O)CNC(=O)[C@H]([C@@H](C)CC)CC(=O)CNC(=O)[C@H](C3)NC(=O)[C@H]([C@@H](C)[C@@H](O)CO)NC(=O)[C@@H]2C[C@@H](O)CN2C(=O)[C@H](CC(N)=O)NC1=O. The van der Waals surface area contributed by atoms with Crippen molar-refractivity contribution in [3.63, 3.8) is 0 Å². The number of Topliss-reactive ketones (excluding diaryl/α,β-unsaturated/α-hetero) is 1. The minimum atomic E-state index is -3.03. The zero-order valence-corrected chi connectivity index (χ0v) is 60.5. The molecule has 36 nitrogen and oxygen atoms in total. The van der Waals surface area contributed by atoms with Gasteiger partial charge < -0.3 is 106 Å². The van der Waals surface area contributed by atoms with E-state index in [4.69, 9.17) is 47.7 Å². The van der Waals surface area contributed by atoms with Crippen LogP contribution in [0, 0.1) is 23.7 Å². The number of carbonyl (C=O) groups excluding carboxylic acids is 11. The highest BCUT2D eigenvalue weighted by Crippen LogP contribution is 2.36. The number of imide groups is 1. The monoisotopic (exact) mass is 1510 g/mol. The van der Waals surface area contributed by atoms with Gasteiger partial charge in [-0.2, -0.15) is 11.8 Å². The Labute approximate surface area is 613 Å². The summed E-state index contributed by atoms with van der Waals surface area (Å²) in [5.41, 5.74) is 12.5. The fourth-order valence-electron chi connectivity index (χ4n) is 12.0. The molecule has 1 aromatic carbocycles. The van der Waals surface area contributed by atoms with Gasteiger partial charge in [-0.3, -0.25) is 66.9 Å². The second kappa shape index (κ2) is 42.6. The quantitative estimate of drug-likeness (QED) is 0.0225. The number of carbonyl (C=O) groups is 11. The first kappa shape index (κ1) is 79.1. The third-order valence-electron chi connectivity index (χ3n) is 18.0. The molecular formula is C66H101N13O23S2. The highest BCUT2D eigenvalue weighted by atomic mass is 32.2. The van der Waals surface area contributed by atoms with Crippen LogP contribution in [-0.4, -0.2) is 297 Å². The van der Waals surface area contributed by atoms with Crippen molar-refractivity contribution in [2.45, 2.75) is 119 Å². The maximum atomic E-state index is 15.4. The molecule has 1 aromatic heterocycles. The fraction of sp³-hybridized carbons (Fsp3) is 0.682. The number of hydrogen-bond acceptors (Lipinski definition) is 27. The Bertz CT molecular complexity index is 3470. The number of rotatable bonds is 36. The summed E-state index contributed by atoms with van der Waals surface area (Å²) in [6.45, 7) is 8.56. The third kappa shape index (κ3) is 24.8. The Morgan fingerprint density at radius 3 is 2.00 bits per heavy atom. The molecule has 5 aliphatic rings. The number of aromatic nitrogens is 1. The van der Waals surface area contributed by atoms with Crippen LogP contribution in [0.2, 0.25) is 0 Å². The molecule has 2 bridgehead atoms. The molecule has 7 rings (SSSR count). The standard InChI is InChI=1S/C66H101N13O23S2/c1-6-38(2)45-26-42(81)30-68-60(88)48-28-46-44-7-8-53(95-5)47(36-103-24-23-102-22-21-101-20-19-100-18-17-99-16-15-98-14-13-97-12-11-96-10-9-77-32-41(75-76-77)33-79-56(86)25-39(3)65(79)92)58(44)74-64(46)104(94)37-50(70-55(85)31-69-59(45)87)61(89)72-49(29-54(67)84)66(93)78-34-43(82)27-51(78)62(90)73-57(63(91)71-48)40(4)52(83)35-80/h7-8,32,38-40,43,45,48-52,57,74-76,80,82-83H,6,9-31,33-37H2,1-5H3,(H2,67,84)(H,68,88)(H,69,87)(H,70,85)(H,71,91)(H,72,89)(H,73,90)/t38-,39?,40-,43+,45-,48-,49-,50+,51-,52-,57-,104?/m0/s1/i5D3. The maximum Gasteiger partial charge on any atom is 0.246 e. The third-order valence-corrected chi connectivity index (χ3v) is 20.4. The molecule has 2 fully saturated rings. The van der Waals surface area contributed by atoms with Gasteiger partial charge in [0.1, 0.15) is 41.0 Å². The number of hydrazine groups is 2. The van der Waals surface area contributed by atoms with Gasteiger partial charge in [-0.15, -0.1) is 5.53 Å². The Balaban J connectivity index is 0.976. The zero-order valence-electron chi connectivity index (χ0n) is 61.8. The Kier molecular flexibility index (Phi) is 32.4. The summed E-state index contributed by atoms with van der Waals surface area (Å²) in [6.07, 6.45) is -3.19. The minimum Gasteiger partial charge on any atom is -0.496 e. The van der Waals surface area contributed by atoms with Crippen molar-refractivity contribution in [1.29, 1.82) is 0 Å². The number of methoxy groups -OCH3 is 1. The number of nitrogens with zero attached hydrogens (tertiary/aromatic N) is 3. The van der Waals surface area contributed by atoms with Crippen LogP contribution in [0.1, 0.15) is 75.0 Å². The Morgan fingerprint density at radius 2 is 1.39 bits per heavy atom. The van der Waals surface area contributed by atoms with Crippen LogP contribution in [0.15, 0.2) is 29.1 Å². The predicted octanol–water partition coefficient (Wildman–Crippen LogP) is -4.62. The van der Waals surface area contributed by atoms with Crippen molar-refractivity contribution >= 4 is 98.3 Å². The number of thioether (sulfide) groups is 1. The van der Waals surface area contributed by atoms with Gasteiger partial charge in [0, 0.05) is 78.6 Å². The molecule has 104 heavy (non-hydrogen) atoms. The van der Waals surface area contributed by atoms with Gasteiger partial charge in [0.2, 0.25) is 59.1 Å². The summed E-state index contributed by atoms with van der Waals surface area (Å²) in [5.74, 6) is -13.6. The van der Waals surface area contributed by atoms with Gasteiger partial charge in [0.25, 0.3) is 0 Å². The molecule has 0 radical (unpaired) electrons. The largest absolute Gasteiger partial charge is 0.496 e. The molecule has 0 spiro atoms. The Hall–Kier alpha value is -7.47. The number of nitrogens with two attached hydrogens (primary N) is 1. The van der Waals surface area contributed by atoms with Crippen LogP contribution in [0.3, 0.4) is 0 Å². The topological polar surface area (TPSA) is 487 Å². The lowest BCUT2D eigenvalue weighted by Gasteiger charge is -2.32. The van der Waals surface area contributed by atoms with E-state index in [0.29, 0.717) is 83.9 Å². The van der Waals surface area contributed by atoms with E-state index in [1.54, 1.807) is 32.0 Å². The van der Waals surface area contributed by atoms with E-state index >= 15 is 4.21 Å². The highest BCUT2D eigenvalue weighted by molar-refractivity contribution is 7.98. The maximum absolute atomic E-state index is 15.4. The van der Waals surface area contributed by atoms with Crippen molar-refractivity contribution in [2.75, 3.05) is 150 Å². The first-order valence-electron chi connectivity index (χ1n) is 36.1. The molecule has 0 saturated carbocycles. The van der Waals surface area contributed by atoms with E-state index in [2.05, 4.69) is 47.8 Å². The van der Waals surface area contributed by atoms with E-state index < -0.39 is 189 Å². The van der Waals surface area contributed by atoms with Gasteiger partial charge in [-0.25, -0.2) is 0 Å². The molecule has 10 amide bonds. The average Bonchev–Trinajstić information content (AvgIpc) is 1.62. The van der Waals surface area contributed by atoms with Gasteiger partial charge in [-0.1, -0.05) is 34.1 Å². The molecule has 6 heterocycles. The van der Waals surface area contributed by atoms with E-state index in [1.807, 2.05) is 0 Å². The van der Waals surface area contributed by atoms with Crippen LogP contribution in [-0.2, 0) is 109 Å². The van der Waals surface area contributed by atoms with Gasteiger partial charge >= 0.3 is 0 Å². The number of ketones is 1. The number of ether oxygens (including phenoxy) is 8. The van der Waals surface area contributed by atoms with Gasteiger partial charge in [0.15, 0.2) is 5.78 Å². The second-order valence-corrected chi connectivity index (χ2v) is 28.2. The van der Waals surface area contributed by atoms with Gasteiger partial charge in [0.05, 0.1) is 183 Å². The van der Waals surface area contributed by atoms with Crippen LogP contribution in [0.25, 0.3) is 10.9 Å². The van der Waals surface area contributed by atoms with Gasteiger partial charge in [-0.05, 0) is 23.6 Å². The van der Waals surface area contributed by atoms with Crippen molar-refractivity contribution in [3.8, 4) is 5.75 Å². The van der Waals surface area contributed by atoms with Crippen molar-refractivity contribution in [1.82, 2.24) is 62.7 Å². The van der Waals surface area contributed by atoms with E-state index in [0.717, 1.165) is 4.90 Å². The molecule has 14 N–H and O–H groups in total. The number of H-pyrrole nitrogens is 1. The smallest absolute Gasteiger partial charge is 0.246 e. The molecule has 2 aromatic rings. The highest BCUT2D eigenvalue weighted by Gasteiger charge is 2.46. The number of nitrogens with one attached hydrogen (secondary N) is 9. The molecule has 12 atom stereocenters. The first-order valence-corrected chi connectivity index (χ1v) is 37.1. The minimum absolute atomic E-state index is 0.0148. The van der Waals surface area contributed by atoms with E-state index in [1.165, 1.54) is 35.7 Å². The molecule has 2 unspecified atom stereocenters. The number of aliphatic hydroxyl groups excluding tert-OH is 3. The van der Waals surface area contributed by atoms with Crippen molar-refractivity contribution in [2.24, 2.45) is 29.4 Å². The van der Waals surface area contributed by atoms with Crippen LogP contribution in [0.5, 0.6) is 5.75 Å². The molecule has 38 heteroatoms. The predicted molar refractivity (Wildman–Crippen MR) is 372 cm³/mol. The van der Waals surface area contributed by atoms with Crippen LogP contribution < -0.4 is 53.3 Å². The second-order valence-electron chi connectivity index (χ2n) is 25.6. The number of fused-ring (bicyclic) bond motifs is 5. The molecule has 0 aliphatic carbocycles. The summed E-state index contributed by atoms with van der Waals surface area (Å²) < 4.78 is 84.6. The number of aromatic amines is 1. The number of hydrogen-bond donors (Lipinski definition) is 13. The van der Waals surface area contributed by atoms with Crippen molar-refractivity contribution in [3.05, 3.63) is 35.2 Å². The molecule has 580 valence electrons. The van der Waals surface area contributed by atoms with Crippen LogP contribution in [0.4, 0.5) is 0 Å². The number of amides is 10. The zero-order chi connectivity index (χ0) is 77.9. The summed E-state index contributed by atoms with van der Waals surface area (Å²) in [7, 11) is -5.59. The van der Waals surface area contributed by atoms with E-state index in [9.17, 15) is 68.1 Å². The molecule has 5 aliphatic heterocycles. The number of benzene rings is 1. The lowest BCUT2D eigenvalue weighted by molar-refractivity contribution is -0.144. The van der Waals surface area contributed by atoms with Crippen molar-refractivity contribution < 1.29 is 114 Å². The average molecular weight is 1510 g/mol. The first-order chi connectivity index (χ1) is 51.1.